The van der Waals surface area contributed by atoms with Crippen molar-refractivity contribution in [2.45, 2.75) is 25.3 Å². The fraction of sp³-hybridized carbons (Fsp3) is 0.350. The maximum absolute atomic E-state index is 13.4. The van der Waals surface area contributed by atoms with Gasteiger partial charge in [-0.05, 0) is 36.6 Å². The number of benzene rings is 2. The van der Waals surface area contributed by atoms with Gasteiger partial charge in [0.05, 0.1) is 11.0 Å². The Morgan fingerprint density at radius 2 is 2.16 bits per heavy atom. The standard InChI is InChI=1S/C20H23FN4/c1-25-19-9-8-14(21)13-18(19)24-20(25)10-12-23-17-7-4-11-22-16-6-3-2-5-15(16)17/h2-3,5-6,8-9,13,17,22-23H,4,7,10-12H2,1H3. The first-order valence-corrected chi connectivity index (χ1v) is 8.89. The molecule has 0 radical (unpaired) electrons. The van der Waals surface area contributed by atoms with Crippen molar-refractivity contribution in [3.63, 3.8) is 0 Å². The first-order valence-electron chi connectivity index (χ1n) is 8.89. The quantitative estimate of drug-likeness (QED) is 0.760. The number of fused-ring (bicyclic) bond motifs is 2. The number of nitrogens with zero attached hydrogens (tertiary/aromatic N) is 2. The summed E-state index contributed by atoms with van der Waals surface area (Å²) in [5.41, 5.74) is 4.27. The number of para-hydroxylation sites is 1. The first kappa shape index (κ1) is 16.1. The van der Waals surface area contributed by atoms with Crippen molar-refractivity contribution in [2.75, 3.05) is 18.4 Å². The van der Waals surface area contributed by atoms with Gasteiger partial charge in [0.2, 0.25) is 0 Å². The number of halogens is 1. The minimum absolute atomic E-state index is 0.238. The van der Waals surface area contributed by atoms with Gasteiger partial charge in [-0.15, -0.1) is 0 Å². The van der Waals surface area contributed by atoms with Gasteiger partial charge in [0.1, 0.15) is 11.6 Å². The average molecular weight is 338 g/mol. The number of aromatic nitrogens is 2. The van der Waals surface area contributed by atoms with Crippen LogP contribution in [0.15, 0.2) is 42.5 Å². The third-order valence-electron chi connectivity index (χ3n) is 5.00. The van der Waals surface area contributed by atoms with Crippen LogP contribution in [0.25, 0.3) is 11.0 Å². The van der Waals surface area contributed by atoms with E-state index in [4.69, 9.17) is 0 Å². The second-order valence-corrected chi connectivity index (χ2v) is 6.63. The smallest absolute Gasteiger partial charge is 0.125 e. The molecule has 0 fully saturated rings. The zero-order valence-corrected chi connectivity index (χ0v) is 14.4. The Bertz CT molecular complexity index is 887. The molecule has 0 spiro atoms. The number of aryl methyl sites for hydroxylation is 1. The van der Waals surface area contributed by atoms with E-state index in [1.807, 2.05) is 7.05 Å². The molecule has 2 heterocycles. The SMILES string of the molecule is Cn1c(CCNC2CCCNc3ccccc32)nc2cc(F)ccc21. The largest absolute Gasteiger partial charge is 0.385 e. The average Bonchev–Trinajstić information content (AvgIpc) is 2.79. The molecule has 2 N–H and O–H groups in total. The molecular weight excluding hydrogens is 315 g/mol. The van der Waals surface area contributed by atoms with Crippen LogP contribution in [0, 0.1) is 5.82 Å². The molecule has 1 aliphatic rings. The van der Waals surface area contributed by atoms with Crippen molar-refractivity contribution < 1.29 is 4.39 Å². The van der Waals surface area contributed by atoms with Crippen molar-refractivity contribution in [3.05, 3.63) is 59.7 Å². The second-order valence-electron chi connectivity index (χ2n) is 6.63. The monoisotopic (exact) mass is 338 g/mol. The Morgan fingerprint density at radius 3 is 3.08 bits per heavy atom. The summed E-state index contributed by atoms with van der Waals surface area (Å²) in [5.74, 6) is 0.742. The molecule has 1 aromatic heterocycles. The lowest BCUT2D eigenvalue weighted by Gasteiger charge is -2.19. The van der Waals surface area contributed by atoms with Crippen LogP contribution in [0.3, 0.4) is 0 Å². The van der Waals surface area contributed by atoms with Gasteiger partial charge in [0.15, 0.2) is 0 Å². The molecule has 1 aliphatic heterocycles. The molecule has 4 rings (SSSR count). The van der Waals surface area contributed by atoms with Gasteiger partial charge < -0.3 is 15.2 Å². The second kappa shape index (κ2) is 6.84. The number of imidazole rings is 1. The van der Waals surface area contributed by atoms with Crippen molar-refractivity contribution in [1.82, 2.24) is 14.9 Å². The third kappa shape index (κ3) is 3.24. The normalized spacial score (nSPS) is 17.1. The van der Waals surface area contributed by atoms with Crippen LogP contribution in [0.4, 0.5) is 10.1 Å². The summed E-state index contributed by atoms with van der Waals surface area (Å²) in [7, 11) is 1.99. The van der Waals surface area contributed by atoms with Crippen LogP contribution in [0.5, 0.6) is 0 Å². The predicted octanol–water partition coefficient (Wildman–Crippen LogP) is 3.79. The first-order chi connectivity index (χ1) is 12.2. The van der Waals surface area contributed by atoms with Crippen molar-refractivity contribution in [1.29, 1.82) is 0 Å². The summed E-state index contributed by atoms with van der Waals surface area (Å²) in [6.45, 7) is 1.87. The van der Waals surface area contributed by atoms with Crippen molar-refractivity contribution in [2.24, 2.45) is 7.05 Å². The lowest BCUT2D eigenvalue weighted by molar-refractivity contribution is 0.496. The minimum atomic E-state index is -0.238. The van der Waals surface area contributed by atoms with Crippen LogP contribution in [-0.2, 0) is 13.5 Å². The summed E-state index contributed by atoms with van der Waals surface area (Å²) in [6.07, 6.45) is 3.09. The number of hydrogen-bond acceptors (Lipinski definition) is 3. The Labute approximate surface area is 147 Å². The van der Waals surface area contributed by atoms with Gasteiger partial charge in [-0.25, -0.2) is 9.37 Å². The topological polar surface area (TPSA) is 41.9 Å². The van der Waals surface area contributed by atoms with Gasteiger partial charge in [-0.3, -0.25) is 0 Å². The Hall–Kier alpha value is -2.40. The third-order valence-corrected chi connectivity index (χ3v) is 5.00. The van der Waals surface area contributed by atoms with E-state index >= 15 is 0 Å². The van der Waals surface area contributed by atoms with E-state index < -0.39 is 0 Å². The van der Waals surface area contributed by atoms with E-state index in [2.05, 4.69) is 44.5 Å². The zero-order valence-electron chi connectivity index (χ0n) is 14.4. The molecule has 1 atom stereocenters. The molecule has 0 saturated carbocycles. The highest BCUT2D eigenvalue weighted by molar-refractivity contribution is 5.75. The molecule has 2 aromatic carbocycles. The Morgan fingerprint density at radius 1 is 1.28 bits per heavy atom. The fourth-order valence-electron chi connectivity index (χ4n) is 3.66. The molecule has 4 nitrogen and oxygen atoms in total. The molecule has 0 aliphatic carbocycles. The van der Waals surface area contributed by atoms with Crippen LogP contribution >= 0.6 is 0 Å². The number of anilines is 1. The van der Waals surface area contributed by atoms with Crippen LogP contribution in [0.1, 0.15) is 30.3 Å². The van der Waals surface area contributed by atoms with Gasteiger partial charge in [-0.2, -0.15) is 0 Å². The maximum Gasteiger partial charge on any atom is 0.125 e. The lowest BCUT2D eigenvalue weighted by Crippen LogP contribution is -2.24. The van der Waals surface area contributed by atoms with Gasteiger partial charge in [0, 0.05) is 44.4 Å². The van der Waals surface area contributed by atoms with E-state index in [1.165, 1.54) is 23.4 Å². The zero-order chi connectivity index (χ0) is 17.2. The number of rotatable bonds is 4. The molecule has 0 bridgehead atoms. The predicted molar refractivity (Wildman–Crippen MR) is 99.3 cm³/mol. The highest BCUT2D eigenvalue weighted by atomic mass is 19.1. The summed E-state index contributed by atoms with van der Waals surface area (Å²) in [6, 6.07) is 13.7. The molecule has 1 unspecified atom stereocenters. The molecule has 0 amide bonds. The number of nitrogens with one attached hydrogen (secondary N) is 2. The number of hydrogen-bond donors (Lipinski definition) is 2. The van der Waals surface area contributed by atoms with Gasteiger partial charge >= 0.3 is 0 Å². The summed E-state index contributed by atoms with van der Waals surface area (Å²) >= 11 is 0. The van der Waals surface area contributed by atoms with E-state index in [0.29, 0.717) is 6.04 Å². The summed E-state index contributed by atoms with van der Waals surface area (Å²) in [5, 5.41) is 7.19. The van der Waals surface area contributed by atoms with E-state index in [-0.39, 0.29) is 5.82 Å². The molecule has 25 heavy (non-hydrogen) atoms. The molecular formula is C20H23FN4. The fourth-order valence-corrected chi connectivity index (χ4v) is 3.66. The minimum Gasteiger partial charge on any atom is -0.385 e. The lowest BCUT2D eigenvalue weighted by atomic mass is 10.0. The molecule has 0 saturated heterocycles. The highest BCUT2D eigenvalue weighted by Gasteiger charge is 2.17. The van der Waals surface area contributed by atoms with Crippen molar-refractivity contribution >= 4 is 16.7 Å². The summed E-state index contributed by atoms with van der Waals surface area (Å²) < 4.78 is 15.4. The van der Waals surface area contributed by atoms with Crippen LogP contribution in [0.2, 0.25) is 0 Å². The van der Waals surface area contributed by atoms with E-state index in [0.717, 1.165) is 49.2 Å². The summed E-state index contributed by atoms with van der Waals surface area (Å²) in [4.78, 5) is 4.59. The van der Waals surface area contributed by atoms with Gasteiger partial charge in [-0.1, -0.05) is 18.2 Å². The van der Waals surface area contributed by atoms with Crippen LogP contribution in [-0.4, -0.2) is 22.6 Å². The van der Waals surface area contributed by atoms with Crippen molar-refractivity contribution in [3.8, 4) is 0 Å². The molecule has 3 aromatic rings. The Balaban J connectivity index is 1.47. The molecule has 5 heteroatoms. The highest BCUT2D eigenvalue weighted by Crippen LogP contribution is 2.29. The van der Waals surface area contributed by atoms with E-state index in [9.17, 15) is 4.39 Å². The van der Waals surface area contributed by atoms with E-state index in [1.54, 1.807) is 6.07 Å². The van der Waals surface area contributed by atoms with Crippen LogP contribution < -0.4 is 10.6 Å². The molecule has 130 valence electrons. The maximum atomic E-state index is 13.4. The van der Waals surface area contributed by atoms with Gasteiger partial charge in [0.25, 0.3) is 0 Å². The Kier molecular flexibility index (Phi) is 4.40.